The van der Waals surface area contributed by atoms with E-state index >= 15 is 8.78 Å². The average Bonchev–Trinajstić information content (AvgIpc) is 3.44. The van der Waals surface area contributed by atoms with Crippen LogP contribution in [0.2, 0.25) is 0 Å². The van der Waals surface area contributed by atoms with Gasteiger partial charge in [0.1, 0.15) is 23.9 Å². The first-order chi connectivity index (χ1) is 18.2. The normalized spacial score (nSPS) is 21.8. The molecule has 5 rings (SSSR count). The summed E-state index contributed by atoms with van der Waals surface area (Å²) in [4.78, 5) is 22.5. The van der Waals surface area contributed by atoms with Crippen LogP contribution in [0.25, 0.3) is 21.9 Å². The summed E-state index contributed by atoms with van der Waals surface area (Å²) in [5.41, 5.74) is 2.95. The molecule has 3 N–H and O–H groups in total. The van der Waals surface area contributed by atoms with Crippen molar-refractivity contribution in [3.8, 4) is 5.75 Å². The van der Waals surface area contributed by atoms with Gasteiger partial charge < -0.3 is 24.3 Å². The number of nitrogens with two attached hydrogens (primary N) is 1. The van der Waals surface area contributed by atoms with Crippen molar-refractivity contribution in [3.05, 3.63) is 55.1 Å². The number of carbonyl (C=O) groups is 1. The van der Waals surface area contributed by atoms with E-state index in [1.54, 1.807) is 18.2 Å². The van der Waals surface area contributed by atoms with E-state index in [2.05, 4.69) is 20.0 Å². The zero-order valence-corrected chi connectivity index (χ0v) is 20.4. The Morgan fingerprint density at radius 1 is 1.21 bits per heavy atom. The summed E-state index contributed by atoms with van der Waals surface area (Å²) in [5.74, 6) is -3.47. The zero-order valence-electron chi connectivity index (χ0n) is 19.5. The maximum atomic E-state index is 15.2. The Balaban J connectivity index is 1.38. The summed E-state index contributed by atoms with van der Waals surface area (Å²) in [6.45, 7) is -1.17. The number of nitrogen functional groups attached to an aromatic ring is 1. The smallest absolute Gasteiger partial charge is 0.318 e. The van der Waals surface area contributed by atoms with E-state index < -0.39 is 45.7 Å². The number of anilines is 1. The molecule has 0 radical (unpaired) electrons. The zero-order chi connectivity index (χ0) is 26.9. The third kappa shape index (κ3) is 4.99. The SMILES string of the molecule is Nc1ncnc2c1ncn2C1OC(COP(NCC=O)Oc2ccc3ccccc3c2)(C(F)F)CC1(F)F. The molecular weight excluding hydrogens is 531 g/mol. The highest BCUT2D eigenvalue weighted by Gasteiger charge is 2.63. The molecule has 0 spiro atoms. The number of aldehydes is 1. The van der Waals surface area contributed by atoms with Crippen LogP contribution >= 0.6 is 8.53 Å². The predicted molar refractivity (Wildman–Crippen MR) is 130 cm³/mol. The van der Waals surface area contributed by atoms with Crippen LogP contribution < -0.4 is 15.3 Å². The van der Waals surface area contributed by atoms with E-state index in [4.69, 9.17) is 19.5 Å². The summed E-state index contributed by atoms with van der Waals surface area (Å²) >= 11 is 0. The lowest BCUT2D eigenvalue weighted by atomic mass is 10.00. The molecule has 0 aliphatic carbocycles. The number of hydrogen-bond donors (Lipinski definition) is 2. The molecule has 1 aliphatic rings. The van der Waals surface area contributed by atoms with Crippen molar-refractivity contribution in [3.63, 3.8) is 0 Å². The lowest BCUT2D eigenvalue weighted by Gasteiger charge is -2.29. The second-order valence-electron chi connectivity index (χ2n) is 8.52. The topological polar surface area (TPSA) is 126 Å². The molecule has 0 saturated carbocycles. The number of carbonyl (C=O) groups excluding carboxylic acids is 1. The Morgan fingerprint density at radius 3 is 2.76 bits per heavy atom. The molecule has 3 heterocycles. The van der Waals surface area contributed by atoms with Gasteiger partial charge >= 0.3 is 8.53 Å². The molecule has 1 aliphatic heterocycles. The Morgan fingerprint density at radius 2 is 2.00 bits per heavy atom. The molecule has 2 aromatic carbocycles. The summed E-state index contributed by atoms with van der Waals surface area (Å²) in [6.07, 6.45) is -4.30. The lowest BCUT2D eigenvalue weighted by molar-refractivity contribution is -0.178. The van der Waals surface area contributed by atoms with E-state index in [1.807, 2.05) is 24.3 Å². The molecule has 4 aromatic rings. The van der Waals surface area contributed by atoms with E-state index in [-0.39, 0.29) is 23.5 Å². The van der Waals surface area contributed by atoms with Gasteiger partial charge in [0.2, 0.25) is 6.23 Å². The third-order valence-corrected chi connectivity index (χ3v) is 7.10. The fourth-order valence-electron chi connectivity index (χ4n) is 4.12. The second kappa shape index (κ2) is 10.4. The van der Waals surface area contributed by atoms with Crippen molar-refractivity contribution in [2.45, 2.75) is 30.6 Å². The maximum absolute atomic E-state index is 15.2. The first-order valence-electron chi connectivity index (χ1n) is 11.3. The van der Waals surface area contributed by atoms with Crippen LogP contribution in [0.4, 0.5) is 23.4 Å². The van der Waals surface area contributed by atoms with Crippen LogP contribution in [-0.4, -0.2) is 56.9 Å². The molecule has 1 saturated heterocycles. The monoisotopic (exact) mass is 552 g/mol. The molecule has 0 amide bonds. The second-order valence-corrected chi connectivity index (χ2v) is 9.79. The van der Waals surface area contributed by atoms with Gasteiger partial charge in [0.25, 0.3) is 12.3 Å². The van der Waals surface area contributed by atoms with Crippen LogP contribution in [-0.2, 0) is 14.1 Å². The predicted octanol–water partition coefficient (Wildman–Crippen LogP) is 4.23. The van der Waals surface area contributed by atoms with E-state index in [0.717, 1.165) is 28.0 Å². The van der Waals surface area contributed by atoms with Gasteiger partial charge in [-0.15, -0.1) is 0 Å². The summed E-state index contributed by atoms with van der Waals surface area (Å²) in [5, 5.41) is 4.44. The number of nitrogens with one attached hydrogen (secondary N) is 1. The number of rotatable bonds is 10. The van der Waals surface area contributed by atoms with Crippen molar-refractivity contribution >= 4 is 42.6 Å². The molecule has 3 unspecified atom stereocenters. The van der Waals surface area contributed by atoms with Crippen LogP contribution in [0, 0.1) is 0 Å². The fourth-order valence-corrected chi connectivity index (χ4v) is 5.19. The van der Waals surface area contributed by atoms with Crippen LogP contribution in [0.5, 0.6) is 5.75 Å². The van der Waals surface area contributed by atoms with Gasteiger partial charge in [-0.2, -0.15) is 0 Å². The molecule has 2 aromatic heterocycles. The van der Waals surface area contributed by atoms with Crippen molar-refractivity contribution in [1.29, 1.82) is 0 Å². The molecule has 1 fully saturated rings. The number of nitrogens with zero attached hydrogens (tertiary/aromatic N) is 4. The van der Waals surface area contributed by atoms with Gasteiger partial charge in [-0.1, -0.05) is 30.3 Å². The van der Waals surface area contributed by atoms with Gasteiger partial charge in [0.05, 0.1) is 25.9 Å². The van der Waals surface area contributed by atoms with Crippen molar-refractivity contribution in [2.24, 2.45) is 0 Å². The van der Waals surface area contributed by atoms with E-state index in [9.17, 15) is 13.6 Å². The number of benzene rings is 2. The number of hydrogen-bond acceptors (Lipinski definition) is 9. The minimum Gasteiger partial charge on any atom is -0.436 e. The van der Waals surface area contributed by atoms with Gasteiger partial charge in [-0.3, -0.25) is 4.57 Å². The van der Waals surface area contributed by atoms with Crippen LogP contribution in [0.15, 0.2) is 55.1 Å². The van der Waals surface area contributed by atoms with E-state index in [1.165, 1.54) is 0 Å². The Bertz CT molecular complexity index is 1460. The standard InChI is InChI=1S/C23H21F4N6O4P/c24-20(25)22(10-23(26,27)21(36-22)33-13-31-17-18(28)29-12-30-19(17)33)11-35-38(32-7-8-34)37-16-6-5-14-3-1-2-4-15(14)9-16/h1-6,8-9,12-13,20-21,32H,7,10-11H2,(H2,28,29,30). The Kier molecular flexibility index (Phi) is 7.14. The van der Waals surface area contributed by atoms with Crippen molar-refractivity contribution < 1.29 is 36.1 Å². The number of imidazole rings is 1. The molecule has 10 nitrogen and oxygen atoms in total. The average molecular weight is 552 g/mol. The van der Waals surface area contributed by atoms with E-state index in [0.29, 0.717) is 12.0 Å². The Labute approximate surface area is 214 Å². The maximum Gasteiger partial charge on any atom is 0.318 e. The number of alkyl halides is 4. The van der Waals surface area contributed by atoms with Crippen molar-refractivity contribution in [1.82, 2.24) is 24.6 Å². The molecule has 0 bridgehead atoms. The number of fused-ring (bicyclic) bond motifs is 2. The lowest BCUT2D eigenvalue weighted by Crippen LogP contribution is -2.42. The van der Waals surface area contributed by atoms with Gasteiger partial charge in [0.15, 0.2) is 17.1 Å². The van der Waals surface area contributed by atoms with Gasteiger partial charge in [0, 0.05) is 0 Å². The minimum absolute atomic E-state index is 0.0306. The molecule has 38 heavy (non-hydrogen) atoms. The highest BCUT2D eigenvalue weighted by Crippen LogP contribution is 2.52. The summed E-state index contributed by atoms with van der Waals surface area (Å²) in [7, 11) is -2.19. The third-order valence-electron chi connectivity index (χ3n) is 5.92. The van der Waals surface area contributed by atoms with Gasteiger partial charge in [-0.25, -0.2) is 37.6 Å². The molecular formula is C23H21F4N6O4P. The number of ether oxygens (including phenoxy) is 1. The fraction of sp³-hybridized carbons (Fsp3) is 0.304. The summed E-state index contributed by atoms with van der Waals surface area (Å²) in [6, 6.07) is 12.6. The highest BCUT2D eigenvalue weighted by atomic mass is 31.2. The van der Waals surface area contributed by atoms with Crippen LogP contribution in [0.1, 0.15) is 12.6 Å². The minimum atomic E-state index is -3.74. The van der Waals surface area contributed by atoms with Crippen molar-refractivity contribution in [2.75, 3.05) is 18.9 Å². The van der Waals surface area contributed by atoms with Crippen LogP contribution in [0.3, 0.4) is 0 Å². The Hall–Kier alpha value is -3.45. The molecule has 3 atom stereocenters. The first-order valence-corrected chi connectivity index (χ1v) is 12.4. The van der Waals surface area contributed by atoms with Gasteiger partial charge in [-0.05, 0) is 22.9 Å². The number of halogens is 4. The molecule has 200 valence electrons. The first kappa shape index (κ1) is 26.2. The summed E-state index contributed by atoms with van der Waals surface area (Å²) < 4.78 is 76.4. The largest absolute Gasteiger partial charge is 0.436 e. The highest BCUT2D eigenvalue weighted by molar-refractivity contribution is 7.45. The quantitative estimate of drug-likeness (QED) is 0.169. The number of aromatic nitrogens is 4. The molecule has 15 heteroatoms.